The largest absolute Gasteiger partial charge is 0.481 e. The second-order valence-corrected chi connectivity index (χ2v) is 14.0. The molecule has 0 saturated carbocycles. The van der Waals surface area contributed by atoms with Gasteiger partial charge in [-0.1, -0.05) is 48.6 Å². The van der Waals surface area contributed by atoms with Crippen LogP contribution >= 0.6 is 0 Å². The number of nitrogens with one attached hydrogen (secondary N) is 4. The van der Waals surface area contributed by atoms with Crippen LogP contribution in [-0.2, 0) is 22.4 Å². The van der Waals surface area contributed by atoms with E-state index in [1.807, 2.05) is 77.9 Å². The fourth-order valence-corrected chi connectivity index (χ4v) is 5.76. The Kier molecular flexibility index (Phi) is 14.8. The predicted octanol–water partition coefficient (Wildman–Crippen LogP) is 9.18. The first-order chi connectivity index (χ1) is 28.8. The fourth-order valence-electron chi connectivity index (χ4n) is 5.76. The minimum atomic E-state index is -0.0347. The van der Waals surface area contributed by atoms with Crippen LogP contribution in [0.2, 0.25) is 0 Å². The molecule has 0 spiro atoms. The van der Waals surface area contributed by atoms with Crippen molar-refractivity contribution in [2.75, 3.05) is 35.5 Å². The van der Waals surface area contributed by atoms with Crippen LogP contribution in [0.1, 0.15) is 44.5 Å². The van der Waals surface area contributed by atoms with Crippen LogP contribution in [0, 0.1) is 41.5 Å². The number of pyridine rings is 2. The van der Waals surface area contributed by atoms with E-state index < -0.39 is 0 Å². The van der Waals surface area contributed by atoms with Crippen molar-refractivity contribution in [3.63, 3.8) is 0 Å². The summed E-state index contributed by atoms with van der Waals surface area (Å²) in [6.07, 6.45) is 10.2. The Bertz CT molecular complexity index is 2360. The molecule has 0 unspecified atom stereocenters. The molecule has 0 atom stereocenters. The molecule has 4 aromatic heterocycles. The Morgan fingerprint density at radius 3 is 1.28 bits per heavy atom. The van der Waals surface area contributed by atoms with Crippen molar-refractivity contribution >= 4 is 57.8 Å². The molecule has 0 radical (unpaired) electrons. The molecule has 0 saturated heterocycles. The number of methoxy groups -OCH3 is 2. The van der Waals surface area contributed by atoms with Crippen molar-refractivity contribution in [3.05, 3.63) is 143 Å². The summed E-state index contributed by atoms with van der Waals surface area (Å²) in [5.41, 5.74) is 10.9. The molecule has 0 aliphatic rings. The van der Waals surface area contributed by atoms with Crippen molar-refractivity contribution < 1.29 is 19.1 Å². The molecule has 14 heteroatoms. The van der Waals surface area contributed by atoms with Crippen molar-refractivity contribution in [3.8, 4) is 11.8 Å². The number of benzene rings is 2. The number of nitrogens with zero attached hydrogens (tertiary/aromatic N) is 6. The van der Waals surface area contributed by atoms with Gasteiger partial charge >= 0.3 is 0 Å². The Labute approximate surface area is 350 Å². The Morgan fingerprint density at radius 1 is 0.533 bits per heavy atom. The number of aromatic nitrogens is 6. The fraction of sp³-hybridized carbons (Fsp3) is 0.217. The molecule has 6 rings (SSSR count). The minimum absolute atomic E-state index is 0.0347. The third-order valence-corrected chi connectivity index (χ3v) is 9.22. The normalized spacial score (nSPS) is 10.4. The van der Waals surface area contributed by atoms with Gasteiger partial charge in [0.2, 0.25) is 23.7 Å². The van der Waals surface area contributed by atoms with Crippen molar-refractivity contribution in [1.82, 2.24) is 29.9 Å². The van der Waals surface area contributed by atoms with Gasteiger partial charge in [0.1, 0.15) is 11.6 Å². The van der Waals surface area contributed by atoms with E-state index >= 15 is 0 Å². The van der Waals surface area contributed by atoms with Crippen LogP contribution < -0.4 is 30.7 Å². The van der Waals surface area contributed by atoms with Crippen LogP contribution in [0.25, 0.3) is 0 Å². The zero-order valence-corrected chi connectivity index (χ0v) is 35.2. The lowest BCUT2D eigenvalue weighted by atomic mass is 10.0. The SMILES string of the molecule is C=CC(=O)Cc1cc(C)ccc1Nc1nc(Nc2cc(OC)ncc2C)ncc1C.C=CC(=O)Cc1cc(C)ccc1Nc1nc(Nc2cc(OC)ncc2C)ncc1C. The zero-order valence-electron chi connectivity index (χ0n) is 35.2. The highest BCUT2D eigenvalue weighted by Crippen LogP contribution is 2.29. The molecular formula is C46H50N10O4. The van der Waals surface area contributed by atoms with Gasteiger partial charge in [0.15, 0.2) is 11.6 Å². The maximum atomic E-state index is 11.9. The molecule has 308 valence electrons. The Morgan fingerprint density at radius 2 is 0.917 bits per heavy atom. The molecule has 0 fully saturated rings. The number of ether oxygens (including phenoxy) is 2. The summed E-state index contributed by atoms with van der Waals surface area (Å²) in [4.78, 5) is 50.2. The summed E-state index contributed by atoms with van der Waals surface area (Å²) in [6, 6.07) is 15.5. The first-order valence-corrected chi connectivity index (χ1v) is 19.0. The molecule has 0 aliphatic heterocycles. The van der Waals surface area contributed by atoms with E-state index in [9.17, 15) is 9.59 Å². The quantitative estimate of drug-likeness (QED) is 0.0681. The number of hydrogen-bond acceptors (Lipinski definition) is 14. The Balaban J connectivity index is 0.000000228. The lowest BCUT2D eigenvalue weighted by Gasteiger charge is -2.15. The van der Waals surface area contributed by atoms with Gasteiger partial charge in [0, 0.05) is 72.3 Å². The monoisotopic (exact) mass is 806 g/mol. The summed E-state index contributed by atoms with van der Waals surface area (Å²) < 4.78 is 10.4. The molecular weight excluding hydrogens is 757 g/mol. The number of carbonyl (C=O) groups excluding carboxylic acids is 2. The first-order valence-electron chi connectivity index (χ1n) is 19.0. The second kappa shape index (κ2) is 20.3. The average Bonchev–Trinajstić information content (AvgIpc) is 3.23. The smallest absolute Gasteiger partial charge is 0.229 e. The van der Waals surface area contributed by atoms with Gasteiger partial charge in [0.05, 0.1) is 25.6 Å². The summed E-state index contributed by atoms with van der Waals surface area (Å²) >= 11 is 0. The maximum absolute atomic E-state index is 11.9. The predicted molar refractivity (Wildman–Crippen MR) is 238 cm³/mol. The number of ketones is 2. The van der Waals surface area contributed by atoms with Crippen LogP contribution in [0.15, 0.2) is 98.6 Å². The number of anilines is 8. The van der Waals surface area contributed by atoms with E-state index in [-0.39, 0.29) is 24.4 Å². The molecule has 6 aromatic rings. The van der Waals surface area contributed by atoms with E-state index in [4.69, 9.17) is 9.47 Å². The number of carbonyl (C=O) groups is 2. The highest BCUT2D eigenvalue weighted by Gasteiger charge is 2.14. The van der Waals surface area contributed by atoms with Gasteiger partial charge in [-0.2, -0.15) is 9.97 Å². The number of aryl methyl sites for hydroxylation is 6. The summed E-state index contributed by atoms with van der Waals surface area (Å²) in [7, 11) is 3.14. The van der Waals surface area contributed by atoms with Gasteiger partial charge in [0.25, 0.3) is 0 Å². The number of hydrogen-bond donors (Lipinski definition) is 4. The first kappa shape index (κ1) is 43.6. The number of allylic oxidation sites excluding steroid dienone is 2. The van der Waals surface area contributed by atoms with Gasteiger partial charge in [-0.15, -0.1) is 0 Å². The molecule has 60 heavy (non-hydrogen) atoms. The van der Waals surface area contributed by atoms with E-state index in [0.717, 1.165) is 67.3 Å². The van der Waals surface area contributed by atoms with Gasteiger partial charge in [-0.25, -0.2) is 19.9 Å². The van der Waals surface area contributed by atoms with E-state index in [1.165, 1.54) is 12.2 Å². The topological polar surface area (TPSA) is 178 Å². The molecule has 4 N–H and O–H groups in total. The molecule has 2 aromatic carbocycles. The molecule has 0 bridgehead atoms. The van der Waals surface area contributed by atoms with Crippen molar-refractivity contribution in [2.24, 2.45) is 0 Å². The summed E-state index contributed by atoms with van der Waals surface area (Å²) in [6.45, 7) is 18.9. The maximum Gasteiger partial charge on any atom is 0.229 e. The number of rotatable bonds is 16. The third-order valence-electron chi connectivity index (χ3n) is 9.22. The standard InChI is InChI=1S/2C23H25N5O2/c2*1-6-18(29)10-17-9-14(2)7-8-19(17)26-22-16(4)13-25-23(28-22)27-20-11-21(30-5)24-12-15(20)3/h2*6-9,11-13H,1,10H2,2-5H3,(H2,24,25,26,27,28). The molecule has 14 nitrogen and oxygen atoms in total. The summed E-state index contributed by atoms with van der Waals surface area (Å²) in [5, 5.41) is 13.1. The lowest BCUT2D eigenvalue weighted by Crippen LogP contribution is -2.07. The highest BCUT2D eigenvalue weighted by atomic mass is 16.5. The molecule has 0 amide bonds. The average molecular weight is 807 g/mol. The minimum Gasteiger partial charge on any atom is -0.481 e. The molecule has 0 aliphatic carbocycles. The Hall–Kier alpha value is -7.48. The summed E-state index contributed by atoms with van der Waals surface area (Å²) in [5.74, 6) is 3.13. The van der Waals surface area contributed by atoms with Crippen LogP contribution in [-0.4, -0.2) is 55.7 Å². The second-order valence-electron chi connectivity index (χ2n) is 14.0. The van der Waals surface area contributed by atoms with E-state index in [2.05, 4.69) is 64.3 Å². The highest BCUT2D eigenvalue weighted by molar-refractivity contribution is 5.92. The lowest BCUT2D eigenvalue weighted by molar-refractivity contribution is -0.114. The molecule has 4 heterocycles. The van der Waals surface area contributed by atoms with Crippen LogP contribution in [0.4, 0.5) is 46.3 Å². The van der Waals surface area contributed by atoms with Crippen molar-refractivity contribution in [1.29, 1.82) is 0 Å². The zero-order chi connectivity index (χ0) is 43.3. The van der Waals surface area contributed by atoms with Gasteiger partial charge < -0.3 is 30.7 Å². The van der Waals surface area contributed by atoms with Crippen LogP contribution in [0.5, 0.6) is 11.8 Å². The van der Waals surface area contributed by atoms with E-state index in [1.54, 1.807) is 51.1 Å². The van der Waals surface area contributed by atoms with Crippen LogP contribution in [0.3, 0.4) is 0 Å². The van der Waals surface area contributed by atoms with Crippen molar-refractivity contribution in [2.45, 2.75) is 54.4 Å². The van der Waals surface area contributed by atoms with Gasteiger partial charge in [-0.05, 0) is 88.1 Å². The van der Waals surface area contributed by atoms with E-state index in [0.29, 0.717) is 35.3 Å². The van der Waals surface area contributed by atoms with Gasteiger partial charge in [-0.3, -0.25) is 9.59 Å². The third kappa shape index (κ3) is 11.8.